The van der Waals surface area contributed by atoms with Gasteiger partial charge in [0.15, 0.2) is 0 Å². The predicted molar refractivity (Wildman–Crippen MR) is 50.2 cm³/mol. The Kier molecular flexibility index (Phi) is 2.79. The number of hydrogen-bond donors (Lipinski definition) is 0. The third-order valence-electron chi connectivity index (χ3n) is 2.01. The average molecular weight is 164 g/mol. The van der Waals surface area contributed by atoms with Gasteiger partial charge in [-0.1, -0.05) is 20.8 Å². The minimum absolute atomic E-state index is 0.524. The fraction of sp³-hybridized carbons (Fsp3) is 0.600. The van der Waals surface area contributed by atoms with E-state index in [9.17, 15) is 0 Å². The van der Waals surface area contributed by atoms with E-state index in [1.807, 2.05) is 6.20 Å². The van der Waals surface area contributed by atoms with Gasteiger partial charge in [-0.15, -0.1) is 0 Å². The van der Waals surface area contributed by atoms with Crippen LogP contribution in [0.1, 0.15) is 43.8 Å². The molecule has 1 heterocycles. The zero-order valence-corrected chi connectivity index (χ0v) is 8.26. The molecular formula is C10H16N2. The first kappa shape index (κ1) is 9.17. The van der Waals surface area contributed by atoms with E-state index in [4.69, 9.17) is 0 Å². The fourth-order valence-electron chi connectivity index (χ4n) is 1.26. The summed E-state index contributed by atoms with van der Waals surface area (Å²) in [5, 5.41) is 0. The van der Waals surface area contributed by atoms with Gasteiger partial charge in [-0.3, -0.25) is 0 Å². The number of nitrogens with zero attached hydrogens (tertiary/aromatic N) is 2. The van der Waals surface area contributed by atoms with Crippen molar-refractivity contribution in [2.45, 2.75) is 40.0 Å². The minimum atomic E-state index is 0.524. The van der Waals surface area contributed by atoms with E-state index in [1.165, 1.54) is 5.56 Å². The van der Waals surface area contributed by atoms with Crippen LogP contribution in [-0.2, 0) is 6.42 Å². The maximum atomic E-state index is 4.40. The molecule has 0 spiro atoms. The maximum Gasteiger partial charge on any atom is 0.128 e. The van der Waals surface area contributed by atoms with Crippen molar-refractivity contribution in [2.24, 2.45) is 0 Å². The molecule has 0 radical (unpaired) electrons. The van der Waals surface area contributed by atoms with Gasteiger partial charge in [0.2, 0.25) is 0 Å². The van der Waals surface area contributed by atoms with Crippen LogP contribution < -0.4 is 0 Å². The molecule has 1 aromatic heterocycles. The molecule has 0 aliphatic heterocycles. The molecule has 0 aromatic carbocycles. The summed E-state index contributed by atoms with van der Waals surface area (Å²) in [6.07, 6.45) is 2.87. The SMILES string of the molecule is CCc1ncc(C(C)C)c(C)n1. The second kappa shape index (κ2) is 3.65. The Morgan fingerprint density at radius 3 is 2.50 bits per heavy atom. The molecule has 66 valence electrons. The highest BCUT2D eigenvalue weighted by Crippen LogP contribution is 2.15. The summed E-state index contributed by atoms with van der Waals surface area (Å²) in [5.74, 6) is 1.47. The molecule has 0 saturated carbocycles. The third-order valence-corrected chi connectivity index (χ3v) is 2.01. The van der Waals surface area contributed by atoms with Crippen LogP contribution in [0, 0.1) is 6.92 Å². The summed E-state index contributed by atoms with van der Waals surface area (Å²) in [6, 6.07) is 0. The van der Waals surface area contributed by atoms with Gasteiger partial charge in [-0.25, -0.2) is 9.97 Å². The molecule has 0 aliphatic rings. The molecule has 0 saturated heterocycles. The highest BCUT2D eigenvalue weighted by molar-refractivity contribution is 5.19. The predicted octanol–water partition coefficient (Wildman–Crippen LogP) is 2.47. The van der Waals surface area contributed by atoms with Crippen LogP contribution in [0.5, 0.6) is 0 Å². The Labute approximate surface area is 74.1 Å². The van der Waals surface area contributed by atoms with E-state index in [-0.39, 0.29) is 0 Å². The van der Waals surface area contributed by atoms with Crippen molar-refractivity contribution in [3.63, 3.8) is 0 Å². The Bertz CT molecular complexity index is 267. The van der Waals surface area contributed by atoms with Crippen molar-refractivity contribution in [1.82, 2.24) is 9.97 Å². The summed E-state index contributed by atoms with van der Waals surface area (Å²) in [4.78, 5) is 8.67. The van der Waals surface area contributed by atoms with Gasteiger partial charge in [-0.2, -0.15) is 0 Å². The Hall–Kier alpha value is -0.920. The largest absolute Gasteiger partial charge is 0.241 e. The zero-order chi connectivity index (χ0) is 9.14. The zero-order valence-electron chi connectivity index (χ0n) is 8.26. The molecule has 0 N–H and O–H groups in total. The third kappa shape index (κ3) is 1.81. The first-order chi connectivity index (χ1) is 5.65. The lowest BCUT2D eigenvalue weighted by Crippen LogP contribution is -2.01. The molecule has 1 aromatic rings. The lowest BCUT2D eigenvalue weighted by Gasteiger charge is -2.08. The van der Waals surface area contributed by atoms with Gasteiger partial charge < -0.3 is 0 Å². The van der Waals surface area contributed by atoms with Crippen LogP contribution in [0.15, 0.2) is 6.20 Å². The first-order valence-corrected chi connectivity index (χ1v) is 4.47. The summed E-state index contributed by atoms with van der Waals surface area (Å²) in [6.45, 7) is 8.45. The highest BCUT2D eigenvalue weighted by Gasteiger charge is 2.05. The van der Waals surface area contributed by atoms with Gasteiger partial charge in [0.1, 0.15) is 5.82 Å². The molecule has 0 atom stereocenters. The molecule has 12 heavy (non-hydrogen) atoms. The molecule has 0 fully saturated rings. The van der Waals surface area contributed by atoms with Crippen LogP contribution in [0.3, 0.4) is 0 Å². The van der Waals surface area contributed by atoms with E-state index >= 15 is 0 Å². The number of rotatable bonds is 2. The van der Waals surface area contributed by atoms with Crippen LogP contribution in [0.25, 0.3) is 0 Å². The minimum Gasteiger partial charge on any atom is -0.241 e. The molecule has 0 unspecified atom stereocenters. The number of aromatic nitrogens is 2. The second-order valence-electron chi connectivity index (χ2n) is 3.34. The van der Waals surface area contributed by atoms with Crippen molar-refractivity contribution in [3.8, 4) is 0 Å². The molecular weight excluding hydrogens is 148 g/mol. The van der Waals surface area contributed by atoms with E-state index in [0.717, 1.165) is 17.9 Å². The van der Waals surface area contributed by atoms with Crippen molar-refractivity contribution in [3.05, 3.63) is 23.3 Å². The van der Waals surface area contributed by atoms with E-state index in [0.29, 0.717) is 5.92 Å². The molecule has 0 bridgehead atoms. The number of aryl methyl sites for hydroxylation is 2. The molecule has 2 nitrogen and oxygen atoms in total. The monoisotopic (exact) mass is 164 g/mol. The van der Waals surface area contributed by atoms with Crippen LogP contribution >= 0.6 is 0 Å². The standard InChI is InChI=1S/C10H16N2/c1-5-10-11-6-9(7(2)3)8(4)12-10/h6-7H,5H2,1-4H3. The Morgan fingerprint density at radius 1 is 1.42 bits per heavy atom. The summed E-state index contributed by atoms with van der Waals surface area (Å²) < 4.78 is 0. The van der Waals surface area contributed by atoms with Crippen LogP contribution in [0.4, 0.5) is 0 Å². The van der Waals surface area contributed by atoms with Gasteiger partial charge in [0.25, 0.3) is 0 Å². The highest BCUT2D eigenvalue weighted by atomic mass is 14.9. The summed E-state index contributed by atoms with van der Waals surface area (Å²) in [7, 11) is 0. The van der Waals surface area contributed by atoms with Gasteiger partial charge in [-0.05, 0) is 18.4 Å². The van der Waals surface area contributed by atoms with E-state index in [1.54, 1.807) is 0 Å². The maximum absolute atomic E-state index is 4.40. The Morgan fingerprint density at radius 2 is 2.08 bits per heavy atom. The van der Waals surface area contributed by atoms with E-state index < -0.39 is 0 Å². The topological polar surface area (TPSA) is 25.8 Å². The van der Waals surface area contributed by atoms with E-state index in [2.05, 4.69) is 37.7 Å². The Balaban J connectivity index is 3.03. The van der Waals surface area contributed by atoms with Crippen molar-refractivity contribution < 1.29 is 0 Å². The van der Waals surface area contributed by atoms with Crippen LogP contribution in [0.2, 0.25) is 0 Å². The molecule has 1 rings (SSSR count). The normalized spacial score (nSPS) is 10.8. The first-order valence-electron chi connectivity index (χ1n) is 4.47. The molecule has 2 heteroatoms. The fourth-order valence-corrected chi connectivity index (χ4v) is 1.26. The molecule has 0 aliphatic carbocycles. The summed E-state index contributed by atoms with van der Waals surface area (Å²) in [5.41, 5.74) is 2.38. The lowest BCUT2D eigenvalue weighted by molar-refractivity contribution is 0.805. The van der Waals surface area contributed by atoms with Gasteiger partial charge >= 0.3 is 0 Å². The van der Waals surface area contributed by atoms with Crippen molar-refractivity contribution in [1.29, 1.82) is 0 Å². The average Bonchev–Trinajstić information content (AvgIpc) is 2.03. The number of hydrogen-bond acceptors (Lipinski definition) is 2. The van der Waals surface area contributed by atoms with Gasteiger partial charge in [0.05, 0.1) is 0 Å². The van der Waals surface area contributed by atoms with Crippen LogP contribution in [-0.4, -0.2) is 9.97 Å². The van der Waals surface area contributed by atoms with Crippen molar-refractivity contribution in [2.75, 3.05) is 0 Å². The smallest absolute Gasteiger partial charge is 0.128 e. The van der Waals surface area contributed by atoms with Gasteiger partial charge in [0, 0.05) is 18.3 Å². The lowest BCUT2D eigenvalue weighted by atomic mass is 10.0. The van der Waals surface area contributed by atoms with Crippen molar-refractivity contribution >= 4 is 0 Å². The quantitative estimate of drug-likeness (QED) is 0.671. The molecule has 0 amide bonds. The summed E-state index contributed by atoms with van der Waals surface area (Å²) >= 11 is 0. The second-order valence-corrected chi connectivity index (χ2v) is 3.34.